The van der Waals surface area contributed by atoms with E-state index in [0.717, 1.165) is 22.3 Å². The van der Waals surface area contributed by atoms with Gasteiger partial charge in [0.1, 0.15) is 23.7 Å². The molecule has 2 aliphatic rings. The molecule has 0 radical (unpaired) electrons. The summed E-state index contributed by atoms with van der Waals surface area (Å²) in [6, 6.07) is 11.4. The molecule has 3 nitrogen and oxygen atoms in total. The van der Waals surface area contributed by atoms with E-state index in [1.165, 1.54) is 0 Å². The van der Waals surface area contributed by atoms with Crippen molar-refractivity contribution in [3.05, 3.63) is 64.3 Å². The number of carbonyl (C=O) groups excluding carboxylic acids is 1. The maximum absolute atomic E-state index is 11.2. The minimum atomic E-state index is 0.0687. The highest BCUT2D eigenvalue weighted by molar-refractivity contribution is 6.11. The Morgan fingerprint density at radius 2 is 1.80 bits per heavy atom. The molecule has 0 unspecified atom stereocenters. The summed E-state index contributed by atoms with van der Waals surface area (Å²) >= 11 is 0. The standard InChI is InChI=1S/C17H8N2O/c18-8-12(9-19)17-14-6-2-1-5-13(14)16-11(10-20)4-3-7-15(16)17/h1-3,5-7H,4H2. The number of fused-ring (bicyclic) bond motifs is 2. The number of nitriles is 2. The van der Waals surface area contributed by atoms with Crippen molar-refractivity contribution in [1.29, 1.82) is 10.5 Å². The minimum Gasteiger partial charge on any atom is -0.233 e. The summed E-state index contributed by atoms with van der Waals surface area (Å²) in [6.45, 7) is 0. The zero-order chi connectivity index (χ0) is 14.1. The molecule has 0 fully saturated rings. The van der Waals surface area contributed by atoms with Crippen LogP contribution in [0.3, 0.4) is 0 Å². The zero-order valence-corrected chi connectivity index (χ0v) is 10.5. The van der Waals surface area contributed by atoms with E-state index in [4.69, 9.17) is 10.5 Å². The summed E-state index contributed by atoms with van der Waals surface area (Å²) in [7, 11) is 0. The Morgan fingerprint density at radius 1 is 1.10 bits per heavy atom. The summed E-state index contributed by atoms with van der Waals surface area (Å²) in [6.07, 6.45) is 4.26. The molecule has 20 heavy (non-hydrogen) atoms. The highest BCUT2D eigenvalue weighted by Crippen LogP contribution is 2.48. The first-order chi connectivity index (χ1) is 9.81. The Bertz CT molecular complexity index is 832. The molecular formula is C17H8N2O. The van der Waals surface area contributed by atoms with Crippen LogP contribution in [-0.2, 0) is 4.79 Å². The van der Waals surface area contributed by atoms with Crippen molar-refractivity contribution in [2.45, 2.75) is 6.42 Å². The maximum Gasteiger partial charge on any atom is 0.138 e. The van der Waals surface area contributed by atoms with Crippen LogP contribution in [0, 0.1) is 22.7 Å². The van der Waals surface area contributed by atoms with E-state index in [2.05, 4.69) is 0 Å². The third-order valence-electron chi connectivity index (χ3n) is 3.51. The van der Waals surface area contributed by atoms with Crippen molar-refractivity contribution in [2.24, 2.45) is 0 Å². The number of allylic oxidation sites excluding steroid dienone is 7. The minimum absolute atomic E-state index is 0.0687. The fraction of sp³-hybridized carbons (Fsp3) is 0.0588. The van der Waals surface area contributed by atoms with E-state index in [1.54, 1.807) is 0 Å². The fourth-order valence-corrected chi connectivity index (χ4v) is 2.72. The van der Waals surface area contributed by atoms with Gasteiger partial charge in [0.15, 0.2) is 0 Å². The highest BCUT2D eigenvalue weighted by atomic mass is 16.1. The quantitative estimate of drug-likeness (QED) is 0.529. The Morgan fingerprint density at radius 3 is 2.45 bits per heavy atom. The van der Waals surface area contributed by atoms with Crippen LogP contribution >= 0.6 is 0 Å². The second-order valence-electron chi connectivity index (χ2n) is 4.49. The van der Waals surface area contributed by atoms with Crippen LogP contribution < -0.4 is 0 Å². The van der Waals surface area contributed by atoms with Crippen molar-refractivity contribution in [3.8, 4) is 12.1 Å². The number of rotatable bonds is 0. The molecule has 92 valence electrons. The van der Waals surface area contributed by atoms with Crippen molar-refractivity contribution in [1.82, 2.24) is 0 Å². The van der Waals surface area contributed by atoms with Crippen LogP contribution in [0.2, 0.25) is 0 Å². The third kappa shape index (κ3) is 1.49. The predicted molar refractivity (Wildman–Crippen MR) is 74.5 cm³/mol. The molecule has 3 heteroatoms. The third-order valence-corrected chi connectivity index (χ3v) is 3.51. The van der Waals surface area contributed by atoms with Crippen LogP contribution in [0.4, 0.5) is 0 Å². The second kappa shape index (κ2) is 4.52. The monoisotopic (exact) mass is 256 g/mol. The summed E-state index contributed by atoms with van der Waals surface area (Å²) in [4.78, 5) is 11.2. The van der Waals surface area contributed by atoms with Gasteiger partial charge in [-0.1, -0.05) is 36.4 Å². The molecule has 0 amide bonds. The van der Waals surface area contributed by atoms with Gasteiger partial charge in [0.05, 0.1) is 0 Å². The molecule has 0 heterocycles. The first-order valence-electron chi connectivity index (χ1n) is 6.11. The molecule has 0 atom stereocenters. The van der Waals surface area contributed by atoms with Gasteiger partial charge in [-0.05, 0) is 16.7 Å². The molecule has 0 aliphatic heterocycles. The van der Waals surface area contributed by atoms with Crippen molar-refractivity contribution in [3.63, 3.8) is 0 Å². The first-order valence-corrected chi connectivity index (χ1v) is 6.11. The molecule has 0 N–H and O–H groups in total. The molecule has 1 aromatic rings. The van der Waals surface area contributed by atoms with E-state index < -0.39 is 0 Å². The van der Waals surface area contributed by atoms with Gasteiger partial charge in [-0.25, -0.2) is 4.79 Å². The lowest BCUT2D eigenvalue weighted by Gasteiger charge is -2.10. The van der Waals surface area contributed by atoms with Gasteiger partial charge in [-0.2, -0.15) is 10.5 Å². The largest absolute Gasteiger partial charge is 0.233 e. The zero-order valence-electron chi connectivity index (χ0n) is 10.5. The Hall–Kier alpha value is -3.13. The van der Waals surface area contributed by atoms with Gasteiger partial charge in [-0.3, -0.25) is 0 Å². The molecule has 0 aromatic heterocycles. The molecule has 3 rings (SSSR count). The molecular weight excluding hydrogens is 248 g/mol. The molecule has 0 bridgehead atoms. The summed E-state index contributed by atoms with van der Waals surface area (Å²) in [5, 5.41) is 18.3. The van der Waals surface area contributed by atoms with Crippen LogP contribution in [0.5, 0.6) is 0 Å². The average molecular weight is 256 g/mol. The summed E-state index contributed by atoms with van der Waals surface area (Å²) in [5.74, 6) is 1.98. The van der Waals surface area contributed by atoms with Gasteiger partial charge in [0, 0.05) is 23.1 Å². The normalized spacial score (nSPS) is 15.1. The molecule has 0 saturated heterocycles. The van der Waals surface area contributed by atoms with Crippen molar-refractivity contribution in [2.75, 3.05) is 0 Å². The van der Waals surface area contributed by atoms with Crippen molar-refractivity contribution < 1.29 is 4.79 Å². The number of nitrogens with zero attached hydrogens (tertiary/aromatic N) is 2. The van der Waals surface area contributed by atoms with E-state index in [1.807, 2.05) is 54.5 Å². The Labute approximate surface area is 116 Å². The van der Waals surface area contributed by atoms with E-state index in [9.17, 15) is 4.79 Å². The van der Waals surface area contributed by atoms with E-state index >= 15 is 0 Å². The lowest BCUT2D eigenvalue weighted by Crippen LogP contribution is -1.94. The first kappa shape index (κ1) is 11.9. The predicted octanol–water partition coefficient (Wildman–Crippen LogP) is 2.97. The number of hydrogen-bond donors (Lipinski definition) is 0. The van der Waals surface area contributed by atoms with Crippen molar-refractivity contribution >= 4 is 17.1 Å². The van der Waals surface area contributed by atoms with E-state index in [0.29, 0.717) is 17.6 Å². The van der Waals surface area contributed by atoms with E-state index in [-0.39, 0.29) is 5.57 Å². The Balaban J connectivity index is 2.46. The highest BCUT2D eigenvalue weighted by Gasteiger charge is 2.31. The Kier molecular flexibility index (Phi) is 2.70. The summed E-state index contributed by atoms with van der Waals surface area (Å²) in [5.41, 5.74) is 4.55. The van der Waals surface area contributed by atoms with Crippen LogP contribution in [0.25, 0.3) is 11.1 Å². The SMILES string of the molecule is N#CC(C#N)=C1C2=C(C(=C=O)CC=C2)c2ccccc21. The summed E-state index contributed by atoms with van der Waals surface area (Å²) < 4.78 is 0. The molecule has 1 aromatic carbocycles. The lowest BCUT2D eigenvalue weighted by molar-refractivity contribution is 0.567. The van der Waals surface area contributed by atoms with Gasteiger partial charge < -0.3 is 0 Å². The van der Waals surface area contributed by atoms with Gasteiger partial charge in [-0.15, -0.1) is 0 Å². The molecule has 2 aliphatic carbocycles. The topological polar surface area (TPSA) is 64.7 Å². The molecule has 0 saturated carbocycles. The lowest BCUT2D eigenvalue weighted by atomic mass is 9.91. The molecule has 0 spiro atoms. The fourth-order valence-electron chi connectivity index (χ4n) is 2.72. The van der Waals surface area contributed by atoms with Gasteiger partial charge in [0.2, 0.25) is 0 Å². The van der Waals surface area contributed by atoms with Gasteiger partial charge in [0.25, 0.3) is 0 Å². The van der Waals surface area contributed by atoms with Gasteiger partial charge >= 0.3 is 0 Å². The smallest absolute Gasteiger partial charge is 0.138 e. The van der Waals surface area contributed by atoms with Crippen LogP contribution in [0.15, 0.2) is 53.1 Å². The van der Waals surface area contributed by atoms with Crippen LogP contribution in [-0.4, -0.2) is 5.94 Å². The van der Waals surface area contributed by atoms with Crippen LogP contribution in [0.1, 0.15) is 17.5 Å². The number of benzene rings is 1. The maximum atomic E-state index is 11.2. The second-order valence-corrected chi connectivity index (χ2v) is 4.49. The average Bonchev–Trinajstić information content (AvgIpc) is 2.84. The number of hydrogen-bond acceptors (Lipinski definition) is 3.